The van der Waals surface area contributed by atoms with Crippen molar-refractivity contribution in [2.24, 2.45) is 0 Å². The van der Waals surface area contributed by atoms with Gasteiger partial charge in [0.05, 0.1) is 18.9 Å². The predicted octanol–water partition coefficient (Wildman–Crippen LogP) is 3.08. The Morgan fingerprint density at radius 1 is 1.33 bits per heavy atom. The van der Waals surface area contributed by atoms with Gasteiger partial charge in [-0.1, -0.05) is 6.07 Å². The first-order chi connectivity index (χ1) is 10.1. The van der Waals surface area contributed by atoms with Crippen LogP contribution in [0.3, 0.4) is 0 Å². The smallest absolute Gasteiger partial charge is 0.339 e. The molecule has 1 heterocycles. The summed E-state index contributed by atoms with van der Waals surface area (Å²) < 4.78 is 23.4. The second-order valence-electron chi connectivity index (χ2n) is 3.99. The van der Waals surface area contributed by atoms with Crippen molar-refractivity contribution in [3.05, 3.63) is 60.2 Å². The Balaban J connectivity index is 2.41. The van der Waals surface area contributed by atoms with Gasteiger partial charge in [-0.25, -0.2) is 14.2 Å². The third-order valence-electron chi connectivity index (χ3n) is 2.54. The van der Waals surface area contributed by atoms with E-state index in [0.717, 1.165) is 6.26 Å². The molecule has 2 aromatic rings. The van der Waals surface area contributed by atoms with E-state index in [1.807, 2.05) is 0 Å². The molecule has 1 N–H and O–H groups in total. The summed E-state index contributed by atoms with van der Waals surface area (Å²) in [6.45, 7) is 0. The number of methoxy groups -OCH3 is 1. The fraction of sp³-hybridized carbons (Fsp3) is 0.0667. The molecular weight excluding hydrogens is 277 g/mol. The molecule has 0 amide bonds. The van der Waals surface area contributed by atoms with Crippen molar-refractivity contribution in [3.63, 3.8) is 0 Å². The van der Waals surface area contributed by atoms with Crippen LogP contribution in [0.2, 0.25) is 0 Å². The lowest BCUT2D eigenvalue weighted by atomic mass is 10.1. The van der Waals surface area contributed by atoms with E-state index in [0.29, 0.717) is 0 Å². The van der Waals surface area contributed by atoms with Crippen LogP contribution in [0.4, 0.5) is 4.39 Å². The van der Waals surface area contributed by atoms with Crippen molar-refractivity contribution in [2.75, 3.05) is 7.11 Å². The highest BCUT2D eigenvalue weighted by Crippen LogP contribution is 2.28. The number of carbonyl (C=O) groups is 1. The van der Waals surface area contributed by atoms with Crippen LogP contribution in [0.25, 0.3) is 5.57 Å². The van der Waals surface area contributed by atoms with Gasteiger partial charge in [0.25, 0.3) is 0 Å². The molecule has 5 nitrogen and oxygen atoms in total. The van der Waals surface area contributed by atoms with Gasteiger partial charge in [-0.2, -0.15) is 0 Å². The second-order valence-corrected chi connectivity index (χ2v) is 3.99. The lowest BCUT2D eigenvalue weighted by Gasteiger charge is -2.10. The average molecular weight is 289 g/mol. The van der Waals surface area contributed by atoms with Gasteiger partial charge in [0.2, 0.25) is 5.88 Å². The van der Waals surface area contributed by atoms with Crippen molar-refractivity contribution in [2.45, 2.75) is 0 Å². The van der Waals surface area contributed by atoms with E-state index in [1.165, 1.54) is 37.6 Å². The van der Waals surface area contributed by atoms with Crippen molar-refractivity contribution >= 4 is 11.5 Å². The Hall–Kier alpha value is -2.89. The van der Waals surface area contributed by atoms with Crippen LogP contribution >= 0.6 is 0 Å². The van der Waals surface area contributed by atoms with Crippen LogP contribution in [0.5, 0.6) is 11.6 Å². The summed E-state index contributed by atoms with van der Waals surface area (Å²) >= 11 is 0. The third kappa shape index (κ3) is 3.56. The van der Waals surface area contributed by atoms with Crippen LogP contribution in [-0.2, 0) is 9.53 Å². The number of aliphatic carboxylic acids is 1. The molecule has 0 fully saturated rings. The number of benzene rings is 1. The molecule has 0 radical (unpaired) electrons. The fourth-order valence-corrected chi connectivity index (χ4v) is 1.67. The van der Waals surface area contributed by atoms with E-state index in [9.17, 15) is 14.3 Å². The summed E-state index contributed by atoms with van der Waals surface area (Å²) in [5.74, 6) is -1.38. The van der Waals surface area contributed by atoms with E-state index >= 15 is 0 Å². The van der Waals surface area contributed by atoms with Gasteiger partial charge >= 0.3 is 5.97 Å². The quantitative estimate of drug-likeness (QED) is 0.676. The predicted molar refractivity (Wildman–Crippen MR) is 73.3 cm³/mol. The van der Waals surface area contributed by atoms with Gasteiger partial charge < -0.3 is 14.6 Å². The number of carboxylic acid groups (broad SMARTS) is 1. The van der Waals surface area contributed by atoms with Gasteiger partial charge in [0.15, 0.2) is 0 Å². The lowest BCUT2D eigenvalue weighted by Crippen LogP contribution is -2.03. The monoisotopic (exact) mass is 289 g/mol. The van der Waals surface area contributed by atoms with Crippen LogP contribution < -0.4 is 4.74 Å². The molecule has 1 aromatic carbocycles. The molecule has 2 rings (SSSR count). The molecule has 21 heavy (non-hydrogen) atoms. The minimum atomic E-state index is -1.19. The average Bonchev–Trinajstić information content (AvgIpc) is 2.45. The highest BCUT2D eigenvalue weighted by atomic mass is 19.1. The Kier molecular flexibility index (Phi) is 4.50. The minimum absolute atomic E-state index is 0.0498. The number of carboxylic acids is 1. The first kappa shape index (κ1) is 14.5. The number of halogens is 1. The van der Waals surface area contributed by atoms with E-state index < -0.39 is 11.8 Å². The molecule has 0 bridgehead atoms. The van der Waals surface area contributed by atoms with Crippen molar-refractivity contribution in [1.82, 2.24) is 4.98 Å². The Morgan fingerprint density at radius 2 is 2.14 bits per heavy atom. The van der Waals surface area contributed by atoms with Crippen LogP contribution in [0.15, 0.2) is 48.9 Å². The van der Waals surface area contributed by atoms with Crippen LogP contribution in [-0.4, -0.2) is 23.2 Å². The standard InChI is InChI=1S/C15H12FNO4/c1-20-9-13(15(18)19)12-6-3-7-17-14(12)21-11-5-2-4-10(16)8-11/h2-9H,1H3,(H,18,19). The van der Waals surface area contributed by atoms with E-state index in [-0.39, 0.29) is 22.8 Å². The zero-order chi connectivity index (χ0) is 15.2. The van der Waals surface area contributed by atoms with Gasteiger partial charge in [-0.3, -0.25) is 0 Å². The van der Waals surface area contributed by atoms with Crippen molar-refractivity contribution in [3.8, 4) is 11.6 Å². The van der Waals surface area contributed by atoms with E-state index in [2.05, 4.69) is 4.98 Å². The number of pyridine rings is 1. The second kappa shape index (κ2) is 6.51. The van der Waals surface area contributed by atoms with Gasteiger partial charge in [0, 0.05) is 12.3 Å². The van der Waals surface area contributed by atoms with Crippen LogP contribution in [0, 0.1) is 5.82 Å². The largest absolute Gasteiger partial charge is 0.503 e. The molecular formula is C15H12FNO4. The maximum Gasteiger partial charge on any atom is 0.339 e. The zero-order valence-corrected chi connectivity index (χ0v) is 11.1. The molecule has 0 aliphatic heterocycles. The number of hydrogen-bond acceptors (Lipinski definition) is 4. The summed E-state index contributed by atoms with van der Waals surface area (Å²) in [4.78, 5) is 15.2. The van der Waals surface area contributed by atoms with Gasteiger partial charge in [-0.05, 0) is 24.3 Å². The number of hydrogen-bond donors (Lipinski definition) is 1. The van der Waals surface area contributed by atoms with Crippen LogP contribution in [0.1, 0.15) is 5.56 Å². The Bertz CT molecular complexity index is 685. The highest BCUT2D eigenvalue weighted by Gasteiger charge is 2.17. The molecule has 0 spiro atoms. The summed E-state index contributed by atoms with van der Waals surface area (Å²) in [5.41, 5.74) is 0.119. The van der Waals surface area contributed by atoms with Gasteiger partial charge in [-0.15, -0.1) is 0 Å². The molecule has 108 valence electrons. The SMILES string of the molecule is COC=C(C(=O)O)c1cccnc1Oc1cccc(F)c1. The van der Waals surface area contributed by atoms with E-state index in [4.69, 9.17) is 9.47 Å². The number of nitrogens with zero attached hydrogens (tertiary/aromatic N) is 1. The maximum atomic E-state index is 13.2. The van der Waals surface area contributed by atoms with Gasteiger partial charge in [0.1, 0.15) is 17.1 Å². The molecule has 0 atom stereocenters. The number of rotatable bonds is 5. The summed E-state index contributed by atoms with van der Waals surface area (Å²) in [7, 11) is 1.34. The Labute approximate surface area is 120 Å². The Morgan fingerprint density at radius 3 is 2.81 bits per heavy atom. The molecule has 6 heteroatoms. The van der Waals surface area contributed by atoms with Crippen molar-refractivity contribution in [1.29, 1.82) is 0 Å². The third-order valence-corrected chi connectivity index (χ3v) is 2.54. The molecule has 1 aromatic heterocycles. The highest BCUT2D eigenvalue weighted by molar-refractivity contribution is 6.15. The normalized spacial score (nSPS) is 11.0. The summed E-state index contributed by atoms with van der Waals surface area (Å²) in [6.07, 6.45) is 2.53. The number of aromatic nitrogens is 1. The lowest BCUT2D eigenvalue weighted by molar-refractivity contribution is -0.130. The molecule has 0 unspecified atom stereocenters. The summed E-state index contributed by atoms with van der Waals surface area (Å²) in [6, 6.07) is 8.58. The minimum Gasteiger partial charge on any atom is -0.503 e. The topological polar surface area (TPSA) is 68.7 Å². The maximum absolute atomic E-state index is 13.2. The zero-order valence-electron chi connectivity index (χ0n) is 11.1. The molecule has 0 saturated heterocycles. The summed E-state index contributed by atoms with van der Waals surface area (Å²) in [5, 5.41) is 9.20. The molecule has 0 aliphatic carbocycles. The molecule has 0 aliphatic rings. The fourth-order valence-electron chi connectivity index (χ4n) is 1.67. The van der Waals surface area contributed by atoms with Crippen molar-refractivity contribution < 1.29 is 23.8 Å². The molecule has 0 saturated carbocycles. The number of ether oxygens (including phenoxy) is 2. The first-order valence-electron chi connectivity index (χ1n) is 5.97. The van der Waals surface area contributed by atoms with E-state index in [1.54, 1.807) is 12.1 Å². The first-order valence-corrected chi connectivity index (χ1v) is 5.97.